The fourth-order valence-corrected chi connectivity index (χ4v) is 2.95. The molecule has 0 saturated carbocycles. The van der Waals surface area contributed by atoms with Crippen LogP contribution in [-0.4, -0.2) is 34.5 Å². The topological polar surface area (TPSA) is 71.3 Å². The molecular weight excluding hydrogens is 252 g/mol. The second-order valence-electron chi connectivity index (χ2n) is 4.21. The minimum Gasteiger partial charge on any atom is -0.351 e. The van der Waals surface area contributed by atoms with E-state index in [1.165, 1.54) is 28.5 Å². The molecule has 3 heterocycles. The molecule has 18 heavy (non-hydrogen) atoms. The van der Waals surface area contributed by atoms with Gasteiger partial charge in [-0.2, -0.15) is 0 Å². The monoisotopic (exact) mass is 264 g/mol. The van der Waals surface area contributed by atoms with Crippen LogP contribution in [-0.2, 0) is 13.0 Å². The third kappa shape index (κ3) is 2.14. The zero-order valence-corrected chi connectivity index (χ0v) is 10.7. The van der Waals surface area contributed by atoms with Gasteiger partial charge < -0.3 is 9.42 Å². The lowest BCUT2D eigenvalue weighted by molar-refractivity contribution is 0.0988. The van der Waals surface area contributed by atoms with Gasteiger partial charge in [0.2, 0.25) is 5.76 Å². The molecule has 1 aliphatic rings. The number of hydrogen-bond acceptors (Lipinski definition) is 6. The molecule has 1 N–H and O–H groups in total. The molecule has 0 spiro atoms. The fraction of sp³-hybridized carbons (Fsp3) is 0.364. The van der Waals surface area contributed by atoms with Crippen LogP contribution < -0.4 is 5.32 Å². The largest absolute Gasteiger partial charge is 0.351 e. The fourth-order valence-electron chi connectivity index (χ4n) is 1.87. The number of fused-ring (bicyclic) bond motifs is 1. The van der Waals surface area contributed by atoms with Crippen LogP contribution in [0.1, 0.15) is 21.1 Å². The first-order valence-electron chi connectivity index (χ1n) is 5.61. The van der Waals surface area contributed by atoms with Crippen molar-refractivity contribution in [3.05, 3.63) is 28.6 Å². The Labute approximate surface area is 108 Å². The summed E-state index contributed by atoms with van der Waals surface area (Å²) in [5.74, 6) is -0.118. The van der Waals surface area contributed by atoms with Crippen molar-refractivity contribution >= 4 is 22.4 Å². The Morgan fingerprint density at radius 3 is 3.28 bits per heavy atom. The number of rotatable bonds is 2. The van der Waals surface area contributed by atoms with Crippen molar-refractivity contribution < 1.29 is 9.32 Å². The molecule has 0 aliphatic carbocycles. The maximum absolute atomic E-state index is 11.8. The molecule has 0 radical (unpaired) electrons. The molecule has 0 unspecified atom stereocenters. The third-order valence-electron chi connectivity index (χ3n) is 2.80. The highest BCUT2D eigenvalue weighted by Gasteiger charge is 2.20. The van der Waals surface area contributed by atoms with Gasteiger partial charge in [0.25, 0.3) is 5.91 Å². The quantitative estimate of drug-likeness (QED) is 0.887. The number of anilines is 1. The van der Waals surface area contributed by atoms with Crippen LogP contribution in [0, 0.1) is 0 Å². The van der Waals surface area contributed by atoms with Crippen molar-refractivity contribution in [1.29, 1.82) is 0 Å². The molecule has 1 amide bonds. The van der Waals surface area contributed by atoms with Crippen LogP contribution in [0.2, 0.25) is 0 Å². The lowest BCUT2D eigenvalue weighted by atomic mass is 10.2. The van der Waals surface area contributed by atoms with Crippen LogP contribution in [0.25, 0.3) is 0 Å². The Morgan fingerprint density at radius 2 is 2.50 bits per heavy atom. The summed E-state index contributed by atoms with van der Waals surface area (Å²) in [6, 6.07) is 1.52. The van der Waals surface area contributed by atoms with Crippen molar-refractivity contribution in [1.82, 2.24) is 15.0 Å². The van der Waals surface area contributed by atoms with Crippen LogP contribution in [0.4, 0.5) is 5.13 Å². The molecule has 0 saturated heterocycles. The summed E-state index contributed by atoms with van der Waals surface area (Å²) in [7, 11) is 2.08. The number of thiazole rings is 1. The molecule has 2 aromatic heterocycles. The molecule has 2 aromatic rings. The lowest BCUT2D eigenvalue weighted by Crippen LogP contribution is -2.25. The van der Waals surface area contributed by atoms with Gasteiger partial charge in [-0.15, -0.1) is 11.3 Å². The maximum Gasteiger partial charge on any atom is 0.296 e. The molecule has 0 fully saturated rings. The number of likely N-dealkylation sites (N-methyl/N-ethyl adjacent to an activating group) is 1. The predicted molar refractivity (Wildman–Crippen MR) is 66.6 cm³/mol. The van der Waals surface area contributed by atoms with E-state index in [4.69, 9.17) is 4.52 Å². The number of amides is 1. The molecule has 6 nitrogen and oxygen atoms in total. The van der Waals surface area contributed by atoms with Gasteiger partial charge in [0.1, 0.15) is 0 Å². The van der Waals surface area contributed by atoms with Gasteiger partial charge in [-0.1, -0.05) is 5.16 Å². The van der Waals surface area contributed by atoms with Gasteiger partial charge in [-0.3, -0.25) is 10.1 Å². The summed E-state index contributed by atoms with van der Waals surface area (Å²) < 4.78 is 4.79. The molecule has 3 rings (SSSR count). The SMILES string of the molecule is CN1CCc2nc(NC(=O)c3ccno3)sc2C1. The van der Waals surface area contributed by atoms with E-state index in [0.29, 0.717) is 5.13 Å². The number of aromatic nitrogens is 2. The highest BCUT2D eigenvalue weighted by atomic mass is 32.1. The Morgan fingerprint density at radius 1 is 1.61 bits per heavy atom. The predicted octanol–water partition coefficient (Wildman–Crippen LogP) is 1.37. The molecule has 94 valence electrons. The highest BCUT2D eigenvalue weighted by molar-refractivity contribution is 7.15. The minimum absolute atomic E-state index is 0.195. The van der Waals surface area contributed by atoms with E-state index in [9.17, 15) is 4.79 Å². The average Bonchev–Trinajstić information content (AvgIpc) is 2.95. The van der Waals surface area contributed by atoms with Gasteiger partial charge in [-0.25, -0.2) is 4.98 Å². The van der Waals surface area contributed by atoms with E-state index in [-0.39, 0.29) is 11.7 Å². The molecule has 7 heteroatoms. The third-order valence-corrected chi connectivity index (χ3v) is 3.80. The van der Waals surface area contributed by atoms with E-state index in [2.05, 4.69) is 27.4 Å². The summed E-state index contributed by atoms with van der Waals surface area (Å²) in [6.45, 7) is 1.90. The first kappa shape index (κ1) is 11.4. The zero-order chi connectivity index (χ0) is 12.5. The van der Waals surface area contributed by atoms with Crippen molar-refractivity contribution in [2.45, 2.75) is 13.0 Å². The second-order valence-corrected chi connectivity index (χ2v) is 5.29. The summed E-state index contributed by atoms with van der Waals surface area (Å²) in [6.07, 6.45) is 2.37. The number of hydrogen-bond donors (Lipinski definition) is 1. The van der Waals surface area contributed by atoms with Crippen LogP contribution in [0.5, 0.6) is 0 Å². The van der Waals surface area contributed by atoms with Crippen molar-refractivity contribution in [3.63, 3.8) is 0 Å². The summed E-state index contributed by atoms with van der Waals surface area (Å²) in [5, 5.41) is 6.85. The Hall–Kier alpha value is -1.73. The summed E-state index contributed by atoms with van der Waals surface area (Å²) in [4.78, 5) is 19.7. The van der Waals surface area contributed by atoms with Gasteiger partial charge in [0.15, 0.2) is 5.13 Å². The number of carbonyl (C=O) groups excluding carboxylic acids is 1. The molecule has 0 atom stereocenters. The smallest absolute Gasteiger partial charge is 0.296 e. The standard InChI is InChI=1S/C11H12N4O2S/c1-15-5-3-7-9(6-15)18-11(13-7)14-10(16)8-2-4-12-17-8/h2,4H,3,5-6H2,1H3,(H,13,14,16). The minimum atomic E-state index is -0.313. The van der Waals surface area contributed by atoms with E-state index in [0.717, 1.165) is 25.2 Å². The lowest BCUT2D eigenvalue weighted by Gasteiger charge is -2.20. The Kier molecular flexibility index (Phi) is 2.85. The van der Waals surface area contributed by atoms with Gasteiger partial charge in [-0.05, 0) is 7.05 Å². The van der Waals surface area contributed by atoms with Gasteiger partial charge >= 0.3 is 0 Å². The first-order valence-corrected chi connectivity index (χ1v) is 6.43. The van der Waals surface area contributed by atoms with E-state index >= 15 is 0 Å². The van der Waals surface area contributed by atoms with Crippen LogP contribution in [0.15, 0.2) is 16.8 Å². The van der Waals surface area contributed by atoms with E-state index in [1.807, 2.05) is 0 Å². The average molecular weight is 264 g/mol. The van der Waals surface area contributed by atoms with E-state index < -0.39 is 0 Å². The molecular formula is C11H12N4O2S. The number of carbonyl (C=O) groups is 1. The Bertz CT molecular complexity index is 564. The van der Waals surface area contributed by atoms with Crippen molar-refractivity contribution in [2.75, 3.05) is 18.9 Å². The van der Waals surface area contributed by atoms with E-state index in [1.54, 1.807) is 0 Å². The van der Waals surface area contributed by atoms with Gasteiger partial charge in [0.05, 0.1) is 11.9 Å². The van der Waals surface area contributed by atoms with Crippen LogP contribution >= 0.6 is 11.3 Å². The number of nitrogens with one attached hydrogen (secondary N) is 1. The summed E-state index contributed by atoms with van der Waals surface area (Å²) in [5.41, 5.74) is 1.09. The number of nitrogens with zero attached hydrogens (tertiary/aromatic N) is 3. The van der Waals surface area contributed by atoms with Crippen molar-refractivity contribution in [3.8, 4) is 0 Å². The van der Waals surface area contributed by atoms with Crippen LogP contribution in [0.3, 0.4) is 0 Å². The summed E-state index contributed by atoms with van der Waals surface area (Å²) >= 11 is 1.52. The second kappa shape index (κ2) is 4.51. The molecule has 0 bridgehead atoms. The van der Waals surface area contributed by atoms with Crippen molar-refractivity contribution in [2.24, 2.45) is 0 Å². The molecule has 1 aliphatic heterocycles. The normalized spacial score (nSPS) is 15.4. The molecule has 0 aromatic carbocycles. The highest BCUT2D eigenvalue weighted by Crippen LogP contribution is 2.27. The Balaban J connectivity index is 1.76. The maximum atomic E-state index is 11.8. The zero-order valence-electron chi connectivity index (χ0n) is 9.84. The van der Waals surface area contributed by atoms with Gasteiger partial charge in [0, 0.05) is 30.5 Å². The first-order chi connectivity index (χ1) is 8.72.